The number of carbonyl (C=O) groups excluding carboxylic acids is 1. The molecule has 2 aromatic rings. The van der Waals surface area contributed by atoms with Crippen molar-refractivity contribution in [3.05, 3.63) is 29.8 Å². The van der Waals surface area contributed by atoms with Gasteiger partial charge in [0, 0.05) is 5.56 Å². The van der Waals surface area contributed by atoms with Gasteiger partial charge in [-0.25, -0.2) is 0 Å². The number of aromatic nitrogens is 3. The Bertz CT molecular complexity index is 459. The summed E-state index contributed by atoms with van der Waals surface area (Å²) in [6, 6.07) is 5.61. The van der Waals surface area contributed by atoms with Gasteiger partial charge in [-0.3, -0.25) is 4.79 Å². The van der Waals surface area contributed by atoms with Crippen molar-refractivity contribution >= 4 is 23.4 Å². The van der Waals surface area contributed by atoms with E-state index in [1.807, 2.05) is 18.2 Å². The first-order valence-electron chi connectivity index (χ1n) is 3.83. The third kappa shape index (κ3) is 1.33. The maximum atomic E-state index is 10.1. The molecule has 0 aliphatic carbocycles. The number of para-hydroxylation sites is 1. The molecule has 0 spiro atoms. The van der Waals surface area contributed by atoms with Gasteiger partial charge in [0.05, 0.1) is 0 Å². The van der Waals surface area contributed by atoms with Crippen molar-refractivity contribution in [1.29, 1.82) is 0 Å². The number of rotatable bonds is 2. The number of aldehydes is 1. The van der Waals surface area contributed by atoms with Gasteiger partial charge in [0.1, 0.15) is 17.3 Å². The second-order valence-electron chi connectivity index (χ2n) is 2.53. The maximum Gasteiger partial charge on any atom is 0.142 e. The highest BCUT2D eigenvalue weighted by Gasteiger charge is 1.99. The predicted octanol–water partition coefficient (Wildman–Crippen LogP) is 1.17. The molecule has 4 nitrogen and oxygen atoms in total. The van der Waals surface area contributed by atoms with E-state index in [2.05, 4.69) is 15.4 Å². The highest BCUT2D eigenvalue weighted by Crippen LogP contribution is 2.14. The van der Waals surface area contributed by atoms with Crippen molar-refractivity contribution < 1.29 is 4.79 Å². The summed E-state index contributed by atoms with van der Waals surface area (Å²) in [6.45, 7) is 0. The minimum absolute atomic E-state index is 0.735. The Morgan fingerprint density at radius 1 is 1.31 bits per heavy atom. The molecule has 2 rings (SSSR count). The SMILES string of the molecule is O=C/C=C/c1cccc2n[nH]nc12. The summed E-state index contributed by atoms with van der Waals surface area (Å²) in [4.78, 5) is 10.1. The second-order valence-corrected chi connectivity index (χ2v) is 2.53. The molecular formula is C9H7N3O. The van der Waals surface area contributed by atoms with Crippen molar-refractivity contribution in [3.8, 4) is 0 Å². The Balaban J connectivity index is 2.60. The fourth-order valence-corrected chi connectivity index (χ4v) is 1.17. The number of nitrogens with zero attached hydrogens (tertiary/aromatic N) is 2. The molecule has 0 atom stereocenters. The third-order valence-corrected chi connectivity index (χ3v) is 1.73. The van der Waals surface area contributed by atoms with Crippen LogP contribution in [0.1, 0.15) is 5.56 Å². The van der Waals surface area contributed by atoms with Gasteiger partial charge in [-0.05, 0) is 18.2 Å². The number of aromatic amines is 1. The number of allylic oxidation sites excluding steroid dienone is 1. The number of carbonyl (C=O) groups is 1. The van der Waals surface area contributed by atoms with Gasteiger partial charge in [-0.1, -0.05) is 12.1 Å². The third-order valence-electron chi connectivity index (χ3n) is 1.73. The zero-order valence-corrected chi connectivity index (χ0v) is 6.77. The topological polar surface area (TPSA) is 58.6 Å². The van der Waals surface area contributed by atoms with E-state index in [0.29, 0.717) is 0 Å². The Labute approximate surface area is 74.3 Å². The second kappa shape index (κ2) is 3.18. The average Bonchev–Trinajstić information content (AvgIpc) is 2.62. The first-order chi connectivity index (χ1) is 6.42. The number of fused-ring (bicyclic) bond motifs is 1. The molecule has 4 heteroatoms. The van der Waals surface area contributed by atoms with Crippen LogP contribution in [0.25, 0.3) is 17.1 Å². The van der Waals surface area contributed by atoms with Crippen LogP contribution in [0.4, 0.5) is 0 Å². The molecule has 0 unspecified atom stereocenters. The fraction of sp³-hybridized carbons (Fsp3) is 0. The Hall–Kier alpha value is -1.97. The maximum absolute atomic E-state index is 10.1. The molecule has 1 N–H and O–H groups in total. The highest BCUT2D eigenvalue weighted by molar-refractivity contribution is 5.86. The van der Waals surface area contributed by atoms with Crippen molar-refractivity contribution in [2.24, 2.45) is 0 Å². The van der Waals surface area contributed by atoms with Crippen LogP contribution in [0.2, 0.25) is 0 Å². The molecule has 0 bridgehead atoms. The van der Waals surface area contributed by atoms with E-state index in [9.17, 15) is 4.79 Å². The number of benzene rings is 1. The number of H-pyrrole nitrogens is 1. The van der Waals surface area contributed by atoms with E-state index in [1.54, 1.807) is 6.08 Å². The van der Waals surface area contributed by atoms with Crippen LogP contribution in [0.15, 0.2) is 24.3 Å². The van der Waals surface area contributed by atoms with Gasteiger partial charge in [0.15, 0.2) is 0 Å². The first kappa shape index (κ1) is 7.67. The van der Waals surface area contributed by atoms with Crippen LogP contribution >= 0.6 is 0 Å². The average molecular weight is 173 g/mol. The van der Waals surface area contributed by atoms with Crippen LogP contribution in [0.3, 0.4) is 0 Å². The van der Waals surface area contributed by atoms with Gasteiger partial charge in [0.2, 0.25) is 0 Å². The van der Waals surface area contributed by atoms with Gasteiger partial charge in [-0.2, -0.15) is 15.4 Å². The minimum Gasteiger partial charge on any atom is -0.299 e. The van der Waals surface area contributed by atoms with Crippen LogP contribution in [-0.4, -0.2) is 21.7 Å². The van der Waals surface area contributed by atoms with E-state index in [-0.39, 0.29) is 0 Å². The molecule has 0 fully saturated rings. The Morgan fingerprint density at radius 2 is 2.23 bits per heavy atom. The molecule has 13 heavy (non-hydrogen) atoms. The summed E-state index contributed by atoms with van der Waals surface area (Å²) in [5.41, 5.74) is 2.46. The highest BCUT2D eigenvalue weighted by atomic mass is 16.1. The minimum atomic E-state index is 0.735. The molecule has 0 saturated carbocycles. The smallest absolute Gasteiger partial charge is 0.142 e. The number of hydrogen-bond acceptors (Lipinski definition) is 3. The van der Waals surface area contributed by atoms with Crippen molar-refractivity contribution in [2.45, 2.75) is 0 Å². The standard InChI is InChI=1S/C9H7N3O/c13-6-2-4-7-3-1-5-8-9(7)11-12-10-8/h1-6H,(H,10,11,12)/b4-2+. The summed E-state index contributed by atoms with van der Waals surface area (Å²) >= 11 is 0. The monoisotopic (exact) mass is 173 g/mol. The number of nitrogens with one attached hydrogen (secondary N) is 1. The Morgan fingerprint density at radius 3 is 3.08 bits per heavy atom. The first-order valence-corrected chi connectivity index (χ1v) is 3.83. The molecule has 1 heterocycles. The molecule has 0 amide bonds. The lowest BCUT2D eigenvalue weighted by molar-refractivity contribution is -0.104. The normalized spacial score (nSPS) is 11.1. The summed E-state index contributed by atoms with van der Waals surface area (Å²) in [5.74, 6) is 0. The van der Waals surface area contributed by atoms with Crippen molar-refractivity contribution in [1.82, 2.24) is 15.4 Å². The lowest BCUT2D eigenvalue weighted by Gasteiger charge is -1.91. The zero-order valence-electron chi connectivity index (χ0n) is 6.77. The van der Waals surface area contributed by atoms with Gasteiger partial charge in [-0.15, -0.1) is 0 Å². The van der Waals surface area contributed by atoms with E-state index in [4.69, 9.17) is 0 Å². The van der Waals surface area contributed by atoms with E-state index < -0.39 is 0 Å². The van der Waals surface area contributed by atoms with Crippen LogP contribution in [0, 0.1) is 0 Å². The summed E-state index contributed by atoms with van der Waals surface area (Å²) in [5, 5.41) is 10.4. The quantitative estimate of drug-likeness (QED) is 0.547. The van der Waals surface area contributed by atoms with Gasteiger partial charge in [0.25, 0.3) is 0 Å². The van der Waals surface area contributed by atoms with Crippen LogP contribution in [0.5, 0.6) is 0 Å². The van der Waals surface area contributed by atoms with E-state index in [1.165, 1.54) is 6.08 Å². The van der Waals surface area contributed by atoms with Gasteiger partial charge < -0.3 is 0 Å². The van der Waals surface area contributed by atoms with Gasteiger partial charge >= 0.3 is 0 Å². The summed E-state index contributed by atoms with van der Waals surface area (Å²) in [6.07, 6.45) is 3.88. The molecule has 1 aromatic heterocycles. The fourth-order valence-electron chi connectivity index (χ4n) is 1.17. The summed E-state index contributed by atoms with van der Waals surface area (Å²) in [7, 11) is 0. The molecule has 0 radical (unpaired) electrons. The van der Waals surface area contributed by atoms with Crippen molar-refractivity contribution in [2.75, 3.05) is 0 Å². The van der Waals surface area contributed by atoms with E-state index in [0.717, 1.165) is 22.9 Å². The predicted molar refractivity (Wildman–Crippen MR) is 49.0 cm³/mol. The summed E-state index contributed by atoms with van der Waals surface area (Å²) < 4.78 is 0. The molecule has 0 saturated heterocycles. The van der Waals surface area contributed by atoms with E-state index >= 15 is 0 Å². The molecular weight excluding hydrogens is 166 g/mol. The number of hydrogen-bond donors (Lipinski definition) is 1. The lowest BCUT2D eigenvalue weighted by atomic mass is 10.2. The zero-order chi connectivity index (χ0) is 9.10. The molecule has 1 aromatic carbocycles. The van der Waals surface area contributed by atoms with Crippen molar-refractivity contribution in [3.63, 3.8) is 0 Å². The lowest BCUT2D eigenvalue weighted by Crippen LogP contribution is -1.76. The Kier molecular flexibility index (Phi) is 1.88. The largest absolute Gasteiger partial charge is 0.299 e. The van der Waals surface area contributed by atoms with Crippen LogP contribution in [-0.2, 0) is 4.79 Å². The van der Waals surface area contributed by atoms with Crippen LogP contribution < -0.4 is 0 Å². The molecule has 64 valence electrons. The molecule has 0 aliphatic heterocycles. The molecule has 0 aliphatic rings.